The van der Waals surface area contributed by atoms with Crippen molar-refractivity contribution in [3.05, 3.63) is 116 Å². The Bertz CT molecular complexity index is 2070. The standard InChI is InChI=1S/C37H40BrF2N2O11P/c1-22(2)33(43)51-25(6)53-54(47,48)37(39,40)30-17-12-27(18-31(30)38)20-42-32(21-41(35(42)45)19-26-10-8-7-9-11-26)28-13-15-29(16-14-28)34(44)50-24(5)52-36(46)49-23(3)4/h7-18,21-25H,19-20H2,1-6H3,(H,47,48). The number of hydrogen-bond acceptors (Lipinski definition) is 10. The molecule has 1 N–H and O–H groups in total. The van der Waals surface area contributed by atoms with Gasteiger partial charge in [-0.15, -0.1) is 0 Å². The van der Waals surface area contributed by atoms with Crippen molar-refractivity contribution < 1.29 is 56.1 Å². The van der Waals surface area contributed by atoms with E-state index in [4.69, 9.17) is 18.9 Å². The van der Waals surface area contributed by atoms with Gasteiger partial charge in [-0.25, -0.2) is 14.4 Å². The van der Waals surface area contributed by atoms with Crippen molar-refractivity contribution in [3.63, 3.8) is 0 Å². The van der Waals surface area contributed by atoms with E-state index in [1.54, 1.807) is 32.2 Å². The van der Waals surface area contributed by atoms with Crippen LogP contribution in [-0.2, 0) is 51.6 Å². The van der Waals surface area contributed by atoms with Gasteiger partial charge in [0.2, 0.25) is 12.6 Å². The van der Waals surface area contributed by atoms with Crippen LogP contribution in [0, 0.1) is 5.92 Å². The van der Waals surface area contributed by atoms with E-state index in [0.29, 0.717) is 16.8 Å². The molecule has 0 saturated heterocycles. The van der Waals surface area contributed by atoms with Gasteiger partial charge in [-0.2, -0.15) is 8.78 Å². The molecular formula is C37H40BrF2N2O11P. The number of halogens is 3. The number of rotatable bonds is 15. The highest BCUT2D eigenvalue weighted by atomic mass is 79.9. The molecule has 0 spiro atoms. The maximum absolute atomic E-state index is 15.5. The molecule has 0 aliphatic rings. The number of nitrogens with zero attached hydrogens (tertiary/aromatic N) is 2. The van der Waals surface area contributed by atoms with Gasteiger partial charge in [0.15, 0.2) is 0 Å². The third kappa shape index (κ3) is 10.5. The lowest BCUT2D eigenvalue weighted by atomic mass is 10.1. The quantitative estimate of drug-likeness (QED) is 0.0534. The number of benzene rings is 3. The number of ether oxygens (including phenoxy) is 4. The molecule has 13 nitrogen and oxygen atoms in total. The first kappa shape index (κ1) is 42.1. The van der Waals surface area contributed by atoms with E-state index >= 15 is 8.78 Å². The number of hydrogen-bond donors (Lipinski definition) is 1. The molecule has 0 amide bonds. The fourth-order valence-electron chi connectivity index (χ4n) is 5.01. The molecule has 3 atom stereocenters. The lowest BCUT2D eigenvalue weighted by Gasteiger charge is -2.26. The van der Waals surface area contributed by atoms with Gasteiger partial charge in [0.25, 0.3) is 0 Å². The summed E-state index contributed by atoms with van der Waals surface area (Å²) in [6.45, 7) is 8.80. The second-order valence-electron chi connectivity index (χ2n) is 12.7. The predicted octanol–water partition coefficient (Wildman–Crippen LogP) is 8.04. The van der Waals surface area contributed by atoms with E-state index in [1.165, 1.54) is 54.2 Å². The fourth-order valence-corrected chi connectivity index (χ4v) is 6.91. The van der Waals surface area contributed by atoms with Crippen LogP contribution in [0.3, 0.4) is 0 Å². The van der Waals surface area contributed by atoms with Crippen LogP contribution in [0.4, 0.5) is 13.6 Å². The Morgan fingerprint density at radius 1 is 0.833 bits per heavy atom. The summed E-state index contributed by atoms with van der Waals surface area (Å²) in [6.07, 6.45) is -2.76. The Hall–Kier alpha value is -4.63. The van der Waals surface area contributed by atoms with Crippen molar-refractivity contribution in [3.8, 4) is 11.3 Å². The molecule has 3 aromatic carbocycles. The summed E-state index contributed by atoms with van der Waals surface area (Å²) in [7, 11) is -5.74. The minimum atomic E-state index is -5.74. The van der Waals surface area contributed by atoms with Gasteiger partial charge in [-0.3, -0.25) is 23.0 Å². The van der Waals surface area contributed by atoms with E-state index in [-0.39, 0.29) is 23.1 Å². The van der Waals surface area contributed by atoms with E-state index < -0.39 is 67.2 Å². The fraction of sp³-hybridized carbons (Fsp3) is 0.351. The summed E-state index contributed by atoms with van der Waals surface area (Å²) in [6, 6.07) is 18.8. The molecule has 17 heteroatoms. The summed E-state index contributed by atoms with van der Waals surface area (Å²) in [5.74, 6) is -2.21. The zero-order chi connectivity index (χ0) is 40.0. The largest absolute Gasteiger partial charge is 0.511 e. The predicted molar refractivity (Wildman–Crippen MR) is 196 cm³/mol. The number of imidazole rings is 1. The average molecular weight is 838 g/mol. The SMILES string of the molecule is CC(C)OC(=O)OC(C)OC(=O)c1ccc(-c2cn(Cc3ccccc3)c(=O)n2Cc2ccc(C(F)(F)P(=O)(O)OC(C)OC(=O)C(C)C)c(Br)c2)cc1. The second-order valence-corrected chi connectivity index (χ2v) is 15.4. The van der Waals surface area contributed by atoms with Crippen LogP contribution in [0.1, 0.15) is 68.6 Å². The third-order valence-corrected chi connectivity index (χ3v) is 9.81. The first-order chi connectivity index (χ1) is 25.3. The Morgan fingerprint density at radius 2 is 1.48 bits per heavy atom. The van der Waals surface area contributed by atoms with Crippen LogP contribution in [0.15, 0.2) is 88.3 Å². The van der Waals surface area contributed by atoms with Crippen molar-refractivity contribution in [2.45, 2.75) is 79.0 Å². The number of carbonyl (C=O) groups is 3. The van der Waals surface area contributed by atoms with Gasteiger partial charge in [0.05, 0.1) is 36.4 Å². The molecule has 0 aliphatic heterocycles. The molecule has 0 saturated carbocycles. The van der Waals surface area contributed by atoms with Crippen molar-refractivity contribution in [1.82, 2.24) is 9.13 Å². The van der Waals surface area contributed by atoms with Crippen molar-refractivity contribution in [2.75, 3.05) is 0 Å². The van der Waals surface area contributed by atoms with Gasteiger partial charge in [-0.05, 0) is 55.7 Å². The maximum atomic E-state index is 15.5. The normalized spacial score (nSPS) is 13.9. The Morgan fingerprint density at radius 3 is 2.07 bits per heavy atom. The first-order valence-corrected chi connectivity index (χ1v) is 19.1. The van der Waals surface area contributed by atoms with Crippen molar-refractivity contribution in [1.29, 1.82) is 0 Å². The molecule has 0 bridgehead atoms. The van der Waals surface area contributed by atoms with Crippen molar-refractivity contribution >= 4 is 41.6 Å². The van der Waals surface area contributed by atoms with Gasteiger partial charge < -0.3 is 23.8 Å². The maximum Gasteiger partial charge on any atom is 0.511 e. The van der Waals surface area contributed by atoms with Crippen LogP contribution < -0.4 is 5.69 Å². The Kier molecular flexibility index (Phi) is 13.8. The average Bonchev–Trinajstić information content (AvgIpc) is 3.37. The molecule has 4 aromatic rings. The smallest absolute Gasteiger partial charge is 0.435 e. The Labute approximate surface area is 318 Å². The summed E-state index contributed by atoms with van der Waals surface area (Å²) >= 11 is 3.08. The number of alkyl halides is 2. The third-order valence-electron chi connectivity index (χ3n) is 7.62. The minimum Gasteiger partial charge on any atom is -0.435 e. The molecule has 4 rings (SSSR count). The number of aromatic nitrogens is 2. The van der Waals surface area contributed by atoms with Crippen LogP contribution in [0.5, 0.6) is 0 Å². The van der Waals surface area contributed by atoms with Gasteiger partial charge >= 0.3 is 37.0 Å². The van der Waals surface area contributed by atoms with Crippen LogP contribution >= 0.6 is 23.5 Å². The van der Waals surface area contributed by atoms with Crippen LogP contribution in [-0.4, -0.2) is 50.8 Å². The lowest BCUT2D eigenvalue weighted by molar-refractivity contribution is -0.167. The summed E-state index contributed by atoms with van der Waals surface area (Å²) in [5.41, 5.74) is -3.43. The summed E-state index contributed by atoms with van der Waals surface area (Å²) in [5, 5.41) is 0. The molecule has 290 valence electrons. The Balaban J connectivity index is 1.62. The zero-order valence-corrected chi connectivity index (χ0v) is 32.7. The van der Waals surface area contributed by atoms with Crippen LogP contribution in [0.2, 0.25) is 0 Å². The first-order valence-electron chi connectivity index (χ1n) is 16.7. The zero-order valence-electron chi connectivity index (χ0n) is 30.2. The molecule has 54 heavy (non-hydrogen) atoms. The number of esters is 2. The van der Waals surface area contributed by atoms with Crippen LogP contribution in [0.25, 0.3) is 11.3 Å². The second kappa shape index (κ2) is 17.7. The molecule has 1 heterocycles. The van der Waals surface area contributed by atoms with Gasteiger partial charge in [0, 0.05) is 23.2 Å². The summed E-state index contributed by atoms with van der Waals surface area (Å²) in [4.78, 5) is 60.5. The highest BCUT2D eigenvalue weighted by Gasteiger charge is 2.55. The lowest BCUT2D eigenvalue weighted by Crippen LogP contribution is -2.26. The van der Waals surface area contributed by atoms with Crippen molar-refractivity contribution in [2.24, 2.45) is 5.92 Å². The molecule has 0 aliphatic carbocycles. The topological polar surface area (TPSA) is 162 Å². The van der Waals surface area contributed by atoms with E-state index in [1.807, 2.05) is 30.3 Å². The van der Waals surface area contributed by atoms with E-state index in [0.717, 1.165) is 18.6 Å². The monoisotopic (exact) mass is 836 g/mol. The molecular weight excluding hydrogens is 797 g/mol. The highest BCUT2D eigenvalue weighted by molar-refractivity contribution is 9.10. The molecule has 0 fully saturated rings. The summed E-state index contributed by atoms with van der Waals surface area (Å²) < 4.78 is 70.9. The molecule has 1 aromatic heterocycles. The van der Waals surface area contributed by atoms with E-state index in [9.17, 15) is 28.6 Å². The highest BCUT2D eigenvalue weighted by Crippen LogP contribution is 2.64. The van der Waals surface area contributed by atoms with Gasteiger partial charge in [0.1, 0.15) is 0 Å². The van der Waals surface area contributed by atoms with E-state index in [2.05, 4.69) is 20.5 Å². The minimum absolute atomic E-state index is 0.110. The molecule has 0 radical (unpaired) electrons. The van der Waals surface area contributed by atoms with Gasteiger partial charge in [-0.1, -0.05) is 84.4 Å². The molecule has 3 unspecified atom stereocenters. The number of carbonyl (C=O) groups excluding carboxylic acids is 3.